The molecule has 3 N–H and O–H groups in total. The fraction of sp³-hybridized carbons (Fsp3) is 0.333. The zero-order chi connectivity index (χ0) is 5.98. The summed E-state index contributed by atoms with van der Waals surface area (Å²) in [5.41, 5.74) is 4.84. The molecule has 0 aromatic heterocycles. The second-order valence-electron chi connectivity index (χ2n) is 1.35. The van der Waals surface area contributed by atoms with Gasteiger partial charge >= 0.3 is 0 Å². The van der Waals surface area contributed by atoms with Crippen LogP contribution in [0, 0.1) is 0 Å². The lowest BCUT2D eigenvalue weighted by molar-refractivity contribution is -0.114. The van der Waals surface area contributed by atoms with E-state index in [4.69, 9.17) is 5.21 Å². The number of rotatable bonds is 0. The van der Waals surface area contributed by atoms with E-state index in [0.29, 0.717) is 0 Å². The average molecular weight is 115 g/mol. The summed E-state index contributed by atoms with van der Waals surface area (Å²) in [6.07, 6.45) is 0. The highest BCUT2D eigenvalue weighted by atomic mass is 16.4. The summed E-state index contributed by atoms with van der Waals surface area (Å²) < 4.78 is 0. The number of oxime groups is 1. The summed E-state index contributed by atoms with van der Waals surface area (Å²) in [5, 5.41) is 10.7. The van der Waals surface area contributed by atoms with E-state index in [1.807, 2.05) is 0 Å². The Kier molecular flexibility index (Phi) is 1.13. The van der Waals surface area contributed by atoms with Crippen LogP contribution < -0.4 is 10.9 Å². The van der Waals surface area contributed by atoms with Gasteiger partial charge in [-0.3, -0.25) is 10.2 Å². The maximum Gasteiger partial charge on any atom is 0.284 e. The molecule has 1 amide bonds. The molecule has 0 radical (unpaired) electrons. The third-order valence-corrected chi connectivity index (χ3v) is 0.841. The van der Waals surface area contributed by atoms with Gasteiger partial charge in [0, 0.05) is 0 Å². The normalized spacial score (nSPS) is 24.0. The zero-order valence-electron chi connectivity index (χ0n) is 4.01. The molecule has 44 valence electrons. The third kappa shape index (κ3) is 0.627. The molecule has 0 spiro atoms. The van der Waals surface area contributed by atoms with Crippen molar-refractivity contribution < 1.29 is 10.0 Å². The molecule has 1 heterocycles. The molecule has 1 rings (SSSR count). The Morgan fingerprint density at radius 1 is 1.75 bits per heavy atom. The minimum atomic E-state index is -0.368. The highest BCUT2D eigenvalue weighted by Gasteiger charge is 2.17. The molecule has 1 fully saturated rings. The summed E-state index contributed by atoms with van der Waals surface area (Å²) in [7, 11) is 0. The van der Waals surface area contributed by atoms with Crippen LogP contribution in [0.4, 0.5) is 0 Å². The monoisotopic (exact) mass is 115 g/mol. The Hall–Kier alpha value is -1.10. The van der Waals surface area contributed by atoms with E-state index in [-0.39, 0.29) is 18.2 Å². The minimum Gasteiger partial charge on any atom is -0.410 e. The zero-order valence-corrected chi connectivity index (χ0v) is 4.01. The van der Waals surface area contributed by atoms with Crippen LogP contribution in [0.5, 0.6) is 0 Å². The van der Waals surface area contributed by atoms with Gasteiger partial charge in [0.25, 0.3) is 5.91 Å². The first-order valence-electron chi connectivity index (χ1n) is 2.08. The van der Waals surface area contributed by atoms with E-state index in [1.54, 1.807) is 0 Å². The Morgan fingerprint density at radius 2 is 2.50 bits per heavy atom. The van der Waals surface area contributed by atoms with Gasteiger partial charge in [0.15, 0.2) is 5.71 Å². The Bertz CT molecular complexity index is 141. The van der Waals surface area contributed by atoms with Crippen molar-refractivity contribution in [2.45, 2.75) is 0 Å². The molecule has 0 aliphatic carbocycles. The molecule has 0 unspecified atom stereocenters. The Morgan fingerprint density at radius 3 is 2.75 bits per heavy atom. The summed E-state index contributed by atoms with van der Waals surface area (Å²) in [5.74, 6) is -0.368. The third-order valence-electron chi connectivity index (χ3n) is 0.841. The molecule has 1 aliphatic rings. The first kappa shape index (κ1) is 5.04. The van der Waals surface area contributed by atoms with E-state index in [9.17, 15) is 4.79 Å². The molecule has 5 heteroatoms. The quantitative estimate of drug-likeness (QED) is 0.264. The van der Waals surface area contributed by atoms with Gasteiger partial charge in [-0.1, -0.05) is 5.16 Å². The summed E-state index contributed by atoms with van der Waals surface area (Å²) in [4.78, 5) is 10.3. The van der Waals surface area contributed by atoms with Gasteiger partial charge in [-0.05, 0) is 0 Å². The molecule has 0 aromatic rings. The lowest BCUT2D eigenvalue weighted by Crippen LogP contribution is -2.26. The van der Waals surface area contributed by atoms with Gasteiger partial charge in [0.2, 0.25) is 0 Å². The lowest BCUT2D eigenvalue weighted by atomic mass is 10.4. The fourth-order valence-electron chi connectivity index (χ4n) is 0.441. The SMILES string of the molecule is O=C1NNCC1=NO. The average Bonchev–Trinajstić information content (AvgIpc) is 2.14. The molecule has 0 aromatic carbocycles. The standard InChI is InChI=1S/C3H5N3O2/c7-3-2(6-8)1-4-5-3/h4,8H,1H2,(H,5,7). The van der Waals surface area contributed by atoms with Crippen molar-refractivity contribution in [3.05, 3.63) is 0 Å². The van der Waals surface area contributed by atoms with Gasteiger partial charge in [-0.2, -0.15) is 0 Å². The van der Waals surface area contributed by atoms with Gasteiger partial charge in [-0.15, -0.1) is 0 Å². The smallest absolute Gasteiger partial charge is 0.284 e. The predicted molar refractivity (Wildman–Crippen MR) is 25.4 cm³/mol. The molecule has 0 saturated carbocycles. The van der Waals surface area contributed by atoms with Crippen LogP contribution in [0.1, 0.15) is 0 Å². The summed E-state index contributed by atoms with van der Waals surface area (Å²) in [6.45, 7) is 0.287. The van der Waals surface area contributed by atoms with E-state index in [2.05, 4.69) is 16.0 Å². The molecule has 0 bridgehead atoms. The maximum absolute atomic E-state index is 10.3. The van der Waals surface area contributed by atoms with E-state index in [0.717, 1.165) is 0 Å². The second kappa shape index (κ2) is 1.79. The number of amides is 1. The number of hydrazine groups is 1. The van der Waals surface area contributed by atoms with Gasteiger partial charge < -0.3 is 5.21 Å². The largest absolute Gasteiger partial charge is 0.410 e. The van der Waals surface area contributed by atoms with Crippen molar-refractivity contribution in [1.82, 2.24) is 10.9 Å². The molecule has 8 heavy (non-hydrogen) atoms. The van der Waals surface area contributed by atoms with Crippen LogP contribution in [-0.4, -0.2) is 23.4 Å². The molecular weight excluding hydrogens is 110 g/mol. The fourth-order valence-corrected chi connectivity index (χ4v) is 0.441. The number of nitrogens with one attached hydrogen (secondary N) is 2. The topological polar surface area (TPSA) is 73.7 Å². The van der Waals surface area contributed by atoms with Crippen molar-refractivity contribution in [3.8, 4) is 0 Å². The van der Waals surface area contributed by atoms with Crippen molar-refractivity contribution in [2.75, 3.05) is 6.54 Å². The van der Waals surface area contributed by atoms with Crippen molar-refractivity contribution in [2.24, 2.45) is 5.16 Å². The van der Waals surface area contributed by atoms with Crippen LogP contribution in [0.3, 0.4) is 0 Å². The maximum atomic E-state index is 10.3. The summed E-state index contributed by atoms with van der Waals surface area (Å²) in [6, 6.07) is 0. The van der Waals surface area contributed by atoms with E-state index in [1.165, 1.54) is 0 Å². The molecular formula is C3H5N3O2. The Labute approximate surface area is 45.3 Å². The van der Waals surface area contributed by atoms with Gasteiger partial charge in [-0.25, -0.2) is 5.43 Å². The van der Waals surface area contributed by atoms with Crippen molar-refractivity contribution in [3.63, 3.8) is 0 Å². The number of hydrogen-bond donors (Lipinski definition) is 3. The van der Waals surface area contributed by atoms with Crippen LogP contribution in [-0.2, 0) is 4.79 Å². The number of carbonyl (C=O) groups excluding carboxylic acids is 1. The first-order chi connectivity index (χ1) is 3.84. The molecule has 1 saturated heterocycles. The van der Waals surface area contributed by atoms with Crippen LogP contribution in [0.15, 0.2) is 5.16 Å². The lowest BCUT2D eigenvalue weighted by Gasteiger charge is -1.82. The first-order valence-corrected chi connectivity index (χ1v) is 2.08. The van der Waals surface area contributed by atoms with Crippen LogP contribution in [0.25, 0.3) is 0 Å². The van der Waals surface area contributed by atoms with E-state index >= 15 is 0 Å². The summed E-state index contributed by atoms with van der Waals surface area (Å²) >= 11 is 0. The highest BCUT2D eigenvalue weighted by Crippen LogP contribution is 1.79. The van der Waals surface area contributed by atoms with Gasteiger partial charge in [0.1, 0.15) is 0 Å². The van der Waals surface area contributed by atoms with Gasteiger partial charge in [0.05, 0.1) is 6.54 Å². The second-order valence-corrected chi connectivity index (χ2v) is 1.35. The Balaban J connectivity index is 2.69. The predicted octanol–water partition coefficient (Wildman–Crippen LogP) is -1.55. The van der Waals surface area contributed by atoms with Crippen molar-refractivity contribution in [1.29, 1.82) is 0 Å². The van der Waals surface area contributed by atoms with Crippen LogP contribution in [0.2, 0.25) is 0 Å². The molecule has 0 atom stereocenters. The molecule has 1 aliphatic heterocycles. The highest BCUT2D eigenvalue weighted by molar-refractivity contribution is 6.40. The number of hydrogen-bond acceptors (Lipinski definition) is 4. The van der Waals surface area contributed by atoms with Crippen LogP contribution >= 0.6 is 0 Å². The molecule has 5 nitrogen and oxygen atoms in total. The number of nitrogens with zero attached hydrogens (tertiary/aromatic N) is 1. The number of carbonyl (C=O) groups is 1. The van der Waals surface area contributed by atoms with Crippen molar-refractivity contribution >= 4 is 11.6 Å². The minimum absolute atomic E-state index is 0.116. The van der Waals surface area contributed by atoms with E-state index < -0.39 is 0 Å².